The summed E-state index contributed by atoms with van der Waals surface area (Å²) in [5.74, 6) is 0.969. The average molecular weight is 378 g/mol. The molecule has 1 N–H and O–H groups in total. The molecule has 3 heterocycles. The van der Waals surface area contributed by atoms with E-state index in [-0.39, 0.29) is 11.9 Å². The van der Waals surface area contributed by atoms with Crippen molar-refractivity contribution < 1.29 is 4.79 Å². The number of rotatable bonds is 4. The average Bonchev–Trinajstić information content (AvgIpc) is 3.26. The second-order valence-corrected chi connectivity index (χ2v) is 8.17. The number of carbonyl (C=O) groups is 1. The molecule has 28 heavy (non-hydrogen) atoms. The number of aromatic nitrogens is 2. The van der Waals surface area contributed by atoms with E-state index in [4.69, 9.17) is 0 Å². The van der Waals surface area contributed by atoms with Crippen molar-refractivity contribution in [2.24, 2.45) is 11.8 Å². The smallest absolute Gasteiger partial charge is 0.220 e. The van der Waals surface area contributed by atoms with E-state index in [1.165, 1.54) is 0 Å². The summed E-state index contributed by atoms with van der Waals surface area (Å²) in [6.07, 6.45) is 4.98. The minimum Gasteiger partial charge on any atom is -0.367 e. The SMILES string of the molecule is C[C@@H]1CN(c2ccc(C#N)c3nccnc23)C[C@@H]1NC(=O)C[C@@H]1CCN(C)C1. The van der Waals surface area contributed by atoms with Gasteiger partial charge in [0.25, 0.3) is 0 Å². The molecule has 2 fully saturated rings. The van der Waals surface area contributed by atoms with E-state index in [0.717, 1.165) is 43.8 Å². The fraction of sp³-hybridized carbons (Fsp3) is 0.524. The summed E-state index contributed by atoms with van der Waals surface area (Å²) in [7, 11) is 2.11. The zero-order valence-corrected chi connectivity index (χ0v) is 16.4. The zero-order chi connectivity index (χ0) is 19.7. The highest BCUT2D eigenvalue weighted by Gasteiger charge is 2.33. The van der Waals surface area contributed by atoms with Gasteiger partial charge >= 0.3 is 0 Å². The van der Waals surface area contributed by atoms with Crippen LogP contribution in [0.1, 0.15) is 25.3 Å². The molecule has 1 amide bonds. The Morgan fingerprint density at radius 1 is 1.25 bits per heavy atom. The fourth-order valence-corrected chi connectivity index (χ4v) is 4.46. The first-order valence-corrected chi connectivity index (χ1v) is 9.92. The molecular formula is C21H26N6O. The zero-order valence-electron chi connectivity index (χ0n) is 16.4. The van der Waals surface area contributed by atoms with Crippen molar-refractivity contribution in [1.29, 1.82) is 5.26 Å². The van der Waals surface area contributed by atoms with Crippen LogP contribution in [0.3, 0.4) is 0 Å². The van der Waals surface area contributed by atoms with E-state index >= 15 is 0 Å². The van der Waals surface area contributed by atoms with E-state index < -0.39 is 0 Å². The predicted molar refractivity (Wildman–Crippen MR) is 108 cm³/mol. The fourth-order valence-electron chi connectivity index (χ4n) is 4.46. The van der Waals surface area contributed by atoms with Crippen molar-refractivity contribution in [3.8, 4) is 6.07 Å². The first kappa shape index (κ1) is 18.6. The van der Waals surface area contributed by atoms with Crippen LogP contribution in [-0.2, 0) is 4.79 Å². The summed E-state index contributed by atoms with van der Waals surface area (Å²) >= 11 is 0. The number of anilines is 1. The Bertz CT molecular complexity index is 923. The van der Waals surface area contributed by atoms with Crippen molar-refractivity contribution in [3.63, 3.8) is 0 Å². The summed E-state index contributed by atoms with van der Waals surface area (Å²) in [4.78, 5) is 25.9. The maximum absolute atomic E-state index is 12.5. The molecular weight excluding hydrogens is 352 g/mol. The van der Waals surface area contributed by atoms with E-state index in [1.807, 2.05) is 6.07 Å². The van der Waals surface area contributed by atoms with E-state index in [9.17, 15) is 10.1 Å². The lowest BCUT2D eigenvalue weighted by molar-refractivity contribution is -0.122. The van der Waals surface area contributed by atoms with Crippen molar-refractivity contribution in [1.82, 2.24) is 20.2 Å². The van der Waals surface area contributed by atoms with Gasteiger partial charge in [-0.1, -0.05) is 6.92 Å². The molecule has 3 atom stereocenters. The van der Waals surface area contributed by atoms with Gasteiger partial charge in [-0.05, 0) is 44.0 Å². The summed E-state index contributed by atoms with van der Waals surface area (Å²) in [5, 5.41) is 12.6. The number of nitrogens with one attached hydrogen (secondary N) is 1. The predicted octanol–water partition coefficient (Wildman–Crippen LogP) is 1.78. The minimum atomic E-state index is 0.119. The third-order valence-electron chi connectivity index (χ3n) is 5.99. The standard InChI is InChI=1S/C21H26N6O/c1-14-11-27(13-17(14)25-19(28)9-15-5-8-26(2)12-15)18-4-3-16(10-22)20-21(18)24-7-6-23-20/h3-4,6-7,14-15,17H,5,8-9,11-13H2,1-2H3,(H,25,28)/t14-,15+,17+/m1/s1. The Hall–Kier alpha value is -2.72. The van der Waals surface area contributed by atoms with Gasteiger partial charge < -0.3 is 15.1 Å². The molecule has 4 rings (SSSR count). The number of hydrogen-bond donors (Lipinski definition) is 1. The van der Waals surface area contributed by atoms with Crippen LogP contribution in [-0.4, -0.2) is 60.0 Å². The normalized spacial score (nSPS) is 25.2. The molecule has 0 bridgehead atoms. The summed E-state index contributed by atoms with van der Waals surface area (Å²) < 4.78 is 0. The quantitative estimate of drug-likeness (QED) is 0.873. The van der Waals surface area contributed by atoms with E-state index in [2.05, 4.69) is 45.1 Å². The molecule has 1 aromatic heterocycles. The number of hydrogen-bond acceptors (Lipinski definition) is 6. The molecule has 2 saturated heterocycles. The minimum absolute atomic E-state index is 0.119. The van der Waals surface area contributed by atoms with Gasteiger partial charge in [0.2, 0.25) is 5.91 Å². The second-order valence-electron chi connectivity index (χ2n) is 8.17. The van der Waals surface area contributed by atoms with Crippen LogP contribution >= 0.6 is 0 Å². The van der Waals surface area contributed by atoms with Crippen LogP contribution in [0.5, 0.6) is 0 Å². The topological polar surface area (TPSA) is 85.1 Å². The number of fused-ring (bicyclic) bond motifs is 1. The molecule has 0 radical (unpaired) electrons. The maximum atomic E-state index is 12.5. The Balaban J connectivity index is 1.46. The Kier molecular flexibility index (Phi) is 5.14. The lowest BCUT2D eigenvalue weighted by Crippen LogP contribution is -2.40. The van der Waals surface area contributed by atoms with Gasteiger partial charge in [0.15, 0.2) is 0 Å². The summed E-state index contributed by atoms with van der Waals surface area (Å²) in [6.45, 7) is 5.85. The number of nitrogens with zero attached hydrogens (tertiary/aromatic N) is 5. The van der Waals surface area contributed by atoms with E-state index in [1.54, 1.807) is 18.5 Å². The van der Waals surface area contributed by atoms with Crippen molar-refractivity contribution >= 4 is 22.6 Å². The molecule has 0 saturated carbocycles. The number of nitriles is 1. The van der Waals surface area contributed by atoms with Crippen LogP contribution in [0.15, 0.2) is 24.5 Å². The van der Waals surface area contributed by atoms with Crippen LogP contribution in [0.25, 0.3) is 11.0 Å². The molecule has 0 unspecified atom stereocenters. The lowest BCUT2D eigenvalue weighted by Gasteiger charge is -2.21. The lowest BCUT2D eigenvalue weighted by atomic mass is 10.0. The molecule has 146 valence electrons. The molecule has 7 nitrogen and oxygen atoms in total. The highest BCUT2D eigenvalue weighted by molar-refractivity contribution is 5.92. The monoisotopic (exact) mass is 378 g/mol. The Morgan fingerprint density at radius 2 is 2.04 bits per heavy atom. The third-order valence-corrected chi connectivity index (χ3v) is 5.99. The van der Waals surface area contributed by atoms with Crippen molar-refractivity contribution in [2.45, 2.75) is 25.8 Å². The molecule has 2 aliphatic heterocycles. The number of amides is 1. The van der Waals surface area contributed by atoms with Crippen molar-refractivity contribution in [2.75, 3.05) is 38.1 Å². The Labute approximate surface area is 165 Å². The van der Waals surface area contributed by atoms with Gasteiger partial charge in [-0.15, -0.1) is 0 Å². The second kappa shape index (κ2) is 7.72. The van der Waals surface area contributed by atoms with Gasteiger partial charge in [0, 0.05) is 38.4 Å². The van der Waals surface area contributed by atoms with Crippen LogP contribution in [0, 0.1) is 23.2 Å². The summed E-state index contributed by atoms with van der Waals surface area (Å²) in [5.41, 5.74) is 2.89. The van der Waals surface area contributed by atoms with Gasteiger partial charge in [0.05, 0.1) is 17.3 Å². The first-order chi connectivity index (χ1) is 13.5. The van der Waals surface area contributed by atoms with Crippen LogP contribution < -0.4 is 10.2 Å². The van der Waals surface area contributed by atoms with Gasteiger partial charge in [-0.2, -0.15) is 5.26 Å². The van der Waals surface area contributed by atoms with Gasteiger partial charge in [-0.25, -0.2) is 0 Å². The molecule has 1 aromatic carbocycles. The molecule has 7 heteroatoms. The summed E-state index contributed by atoms with van der Waals surface area (Å²) in [6, 6.07) is 6.06. The van der Waals surface area contributed by atoms with E-state index in [0.29, 0.717) is 29.3 Å². The number of carbonyl (C=O) groups excluding carboxylic acids is 1. The number of likely N-dealkylation sites (tertiary alicyclic amines) is 1. The largest absolute Gasteiger partial charge is 0.367 e. The molecule has 0 spiro atoms. The highest BCUT2D eigenvalue weighted by Crippen LogP contribution is 2.30. The molecule has 2 aliphatic rings. The highest BCUT2D eigenvalue weighted by atomic mass is 16.1. The maximum Gasteiger partial charge on any atom is 0.220 e. The molecule has 2 aromatic rings. The van der Waals surface area contributed by atoms with Crippen LogP contribution in [0.4, 0.5) is 5.69 Å². The van der Waals surface area contributed by atoms with Crippen LogP contribution in [0.2, 0.25) is 0 Å². The Morgan fingerprint density at radius 3 is 2.75 bits per heavy atom. The van der Waals surface area contributed by atoms with Gasteiger partial charge in [-0.3, -0.25) is 14.8 Å². The first-order valence-electron chi connectivity index (χ1n) is 9.92. The van der Waals surface area contributed by atoms with Gasteiger partial charge in [0.1, 0.15) is 17.1 Å². The molecule has 0 aliphatic carbocycles. The third kappa shape index (κ3) is 3.65. The number of benzene rings is 1. The van der Waals surface area contributed by atoms with Crippen molar-refractivity contribution in [3.05, 3.63) is 30.1 Å².